The van der Waals surface area contributed by atoms with Gasteiger partial charge in [0.2, 0.25) is 0 Å². The van der Waals surface area contributed by atoms with E-state index < -0.39 is 16.6 Å². The molecular formula is C19H19N3O5. The maximum atomic E-state index is 12.5. The van der Waals surface area contributed by atoms with Crippen molar-refractivity contribution in [1.82, 2.24) is 4.90 Å². The summed E-state index contributed by atoms with van der Waals surface area (Å²) in [6.07, 6.45) is 0. The molecule has 1 aliphatic heterocycles. The van der Waals surface area contributed by atoms with Gasteiger partial charge in [-0.25, -0.2) is 0 Å². The summed E-state index contributed by atoms with van der Waals surface area (Å²) in [6.45, 7) is 2.01. The van der Waals surface area contributed by atoms with Gasteiger partial charge in [0.25, 0.3) is 17.4 Å². The summed E-state index contributed by atoms with van der Waals surface area (Å²) >= 11 is 0. The lowest BCUT2D eigenvalue weighted by atomic mass is 10.1. The maximum absolute atomic E-state index is 12.5. The van der Waals surface area contributed by atoms with E-state index in [0.29, 0.717) is 26.2 Å². The number of carbonyl (C=O) groups is 2. The minimum atomic E-state index is -0.725. The number of amides is 1. The summed E-state index contributed by atoms with van der Waals surface area (Å²) in [4.78, 5) is 38.7. The fourth-order valence-electron chi connectivity index (χ4n) is 2.99. The van der Waals surface area contributed by atoms with Gasteiger partial charge < -0.3 is 14.5 Å². The second-order valence-electron chi connectivity index (χ2n) is 6.11. The first-order chi connectivity index (χ1) is 13.0. The van der Waals surface area contributed by atoms with Crippen molar-refractivity contribution in [3.05, 3.63) is 64.2 Å². The van der Waals surface area contributed by atoms with E-state index in [1.807, 2.05) is 24.3 Å². The van der Waals surface area contributed by atoms with Crippen molar-refractivity contribution in [2.24, 2.45) is 0 Å². The lowest BCUT2D eigenvalue weighted by molar-refractivity contribution is -0.384. The number of ether oxygens (including phenoxy) is 1. The van der Waals surface area contributed by atoms with Crippen LogP contribution in [0.4, 0.5) is 11.4 Å². The van der Waals surface area contributed by atoms with Gasteiger partial charge >= 0.3 is 0 Å². The third-order valence-corrected chi connectivity index (χ3v) is 4.52. The van der Waals surface area contributed by atoms with Gasteiger partial charge in [0.05, 0.1) is 12.0 Å². The minimum absolute atomic E-state index is 0.0341. The van der Waals surface area contributed by atoms with Gasteiger partial charge in [-0.05, 0) is 24.3 Å². The van der Waals surface area contributed by atoms with E-state index in [2.05, 4.69) is 4.90 Å². The highest BCUT2D eigenvalue weighted by molar-refractivity contribution is 6.42. The molecule has 0 aromatic heterocycles. The molecule has 0 N–H and O–H groups in total. The molecule has 1 aliphatic rings. The highest BCUT2D eigenvalue weighted by Gasteiger charge is 2.27. The normalized spacial score (nSPS) is 14.0. The molecule has 140 valence electrons. The van der Waals surface area contributed by atoms with Crippen LogP contribution in [-0.4, -0.2) is 54.8 Å². The van der Waals surface area contributed by atoms with Crippen LogP contribution in [0.2, 0.25) is 0 Å². The number of ketones is 1. The second kappa shape index (κ2) is 7.86. The van der Waals surface area contributed by atoms with E-state index in [4.69, 9.17) is 4.74 Å². The molecule has 0 saturated carbocycles. The number of carbonyl (C=O) groups excluding carboxylic acids is 2. The van der Waals surface area contributed by atoms with Gasteiger partial charge in [-0.1, -0.05) is 12.1 Å². The monoisotopic (exact) mass is 369 g/mol. The fourth-order valence-corrected chi connectivity index (χ4v) is 2.99. The van der Waals surface area contributed by atoms with Crippen molar-refractivity contribution in [2.45, 2.75) is 0 Å². The zero-order valence-electron chi connectivity index (χ0n) is 14.8. The smallest absolute Gasteiger partial charge is 0.295 e. The third-order valence-electron chi connectivity index (χ3n) is 4.52. The predicted octanol–water partition coefficient (Wildman–Crippen LogP) is 2.13. The molecule has 1 saturated heterocycles. The first-order valence-electron chi connectivity index (χ1n) is 8.46. The van der Waals surface area contributed by atoms with Crippen molar-refractivity contribution in [3.63, 3.8) is 0 Å². The first-order valence-corrected chi connectivity index (χ1v) is 8.46. The van der Waals surface area contributed by atoms with Gasteiger partial charge in [-0.15, -0.1) is 0 Å². The van der Waals surface area contributed by atoms with Crippen LogP contribution in [0, 0.1) is 10.1 Å². The molecule has 2 aromatic rings. The van der Waals surface area contributed by atoms with Crippen molar-refractivity contribution in [2.75, 3.05) is 38.2 Å². The number of nitrogens with zero attached hydrogens (tertiary/aromatic N) is 3. The molecule has 1 fully saturated rings. The van der Waals surface area contributed by atoms with E-state index in [1.54, 1.807) is 7.11 Å². The number of anilines is 1. The van der Waals surface area contributed by atoms with Crippen molar-refractivity contribution in [3.8, 4) is 5.75 Å². The number of benzene rings is 2. The Hall–Kier alpha value is -3.42. The number of nitro groups is 1. The number of rotatable bonds is 5. The first kappa shape index (κ1) is 18.4. The van der Waals surface area contributed by atoms with Gasteiger partial charge in [0.1, 0.15) is 5.75 Å². The molecule has 8 nitrogen and oxygen atoms in total. The van der Waals surface area contributed by atoms with E-state index in [0.717, 1.165) is 17.5 Å². The molecule has 3 rings (SSSR count). The maximum Gasteiger partial charge on any atom is 0.295 e. The number of piperazine rings is 1. The van der Waals surface area contributed by atoms with E-state index >= 15 is 0 Å². The van der Waals surface area contributed by atoms with Crippen LogP contribution in [0.1, 0.15) is 10.4 Å². The summed E-state index contributed by atoms with van der Waals surface area (Å²) < 4.78 is 5.15. The molecular weight excluding hydrogens is 350 g/mol. The molecule has 0 unspecified atom stereocenters. The quantitative estimate of drug-likeness (QED) is 0.347. The molecule has 0 aliphatic carbocycles. The minimum Gasteiger partial charge on any atom is -0.497 e. The Morgan fingerprint density at radius 1 is 1.04 bits per heavy atom. The number of Topliss-reactive ketones (excluding diaryl/α,β-unsaturated/α-hetero) is 1. The van der Waals surface area contributed by atoms with Crippen LogP contribution in [0.3, 0.4) is 0 Å². The van der Waals surface area contributed by atoms with Crippen LogP contribution in [-0.2, 0) is 4.79 Å². The molecule has 0 atom stereocenters. The lowest BCUT2D eigenvalue weighted by Crippen LogP contribution is -2.50. The van der Waals surface area contributed by atoms with Gasteiger partial charge in [0.15, 0.2) is 0 Å². The Balaban J connectivity index is 1.63. The van der Waals surface area contributed by atoms with E-state index in [-0.39, 0.29) is 11.3 Å². The van der Waals surface area contributed by atoms with Crippen LogP contribution in [0.5, 0.6) is 5.75 Å². The molecule has 0 radical (unpaired) electrons. The van der Waals surface area contributed by atoms with Crippen LogP contribution >= 0.6 is 0 Å². The van der Waals surface area contributed by atoms with E-state index in [1.165, 1.54) is 23.1 Å². The Morgan fingerprint density at radius 2 is 1.70 bits per heavy atom. The van der Waals surface area contributed by atoms with E-state index in [9.17, 15) is 19.7 Å². The average Bonchev–Trinajstić information content (AvgIpc) is 2.73. The van der Waals surface area contributed by atoms with Gasteiger partial charge in [0, 0.05) is 49.6 Å². The highest BCUT2D eigenvalue weighted by atomic mass is 16.6. The van der Waals surface area contributed by atoms with Crippen LogP contribution < -0.4 is 9.64 Å². The van der Waals surface area contributed by atoms with Crippen molar-refractivity contribution < 1.29 is 19.2 Å². The Bertz CT molecular complexity index is 858. The molecule has 2 aromatic carbocycles. The number of hydrogen-bond acceptors (Lipinski definition) is 6. The summed E-state index contributed by atoms with van der Waals surface area (Å²) in [5.74, 6) is -0.586. The summed E-state index contributed by atoms with van der Waals surface area (Å²) in [5.41, 5.74) is 0.845. The number of methoxy groups -OCH3 is 1. The molecule has 8 heteroatoms. The topological polar surface area (TPSA) is 93.0 Å². The number of nitro benzene ring substituents is 1. The SMILES string of the molecule is COc1ccc(N2CCN(C(=O)C(=O)c3cccc([N+](=O)[O-])c3)CC2)cc1. The third kappa shape index (κ3) is 4.05. The Kier molecular flexibility index (Phi) is 5.35. The second-order valence-corrected chi connectivity index (χ2v) is 6.11. The number of non-ortho nitro benzene ring substituents is 1. The van der Waals surface area contributed by atoms with Crippen molar-refractivity contribution in [1.29, 1.82) is 0 Å². The zero-order valence-corrected chi connectivity index (χ0v) is 14.8. The Labute approximate surface area is 156 Å². The molecule has 0 spiro atoms. The molecule has 1 amide bonds. The summed E-state index contributed by atoms with van der Waals surface area (Å²) in [6, 6.07) is 12.9. The summed E-state index contributed by atoms with van der Waals surface area (Å²) in [7, 11) is 1.61. The summed E-state index contributed by atoms with van der Waals surface area (Å²) in [5, 5.41) is 10.8. The lowest BCUT2D eigenvalue weighted by Gasteiger charge is -2.35. The molecule has 0 bridgehead atoms. The predicted molar refractivity (Wildman–Crippen MR) is 99.2 cm³/mol. The largest absolute Gasteiger partial charge is 0.497 e. The Morgan fingerprint density at radius 3 is 2.30 bits per heavy atom. The fraction of sp³-hybridized carbons (Fsp3) is 0.263. The average molecular weight is 369 g/mol. The number of hydrogen-bond donors (Lipinski definition) is 0. The van der Waals surface area contributed by atoms with Crippen LogP contribution in [0.25, 0.3) is 0 Å². The molecule has 1 heterocycles. The molecule has 27 heavy (non-hydrogen) atoms. The van der Waals surface area contributed by atoms with Gasteiger partial charge in [-0.3, -0.25) is 19.7 Å². The van der Waals surface area contributed by atoms with Gasteiger partial charge in [-0.2, -0.15) is 0 Å². The van der Waals surface area contributed by atoms with Crippen molar-refractivity contribution >= 4 is 23.1 Å². The van der Waals surface area contributed by atoms with Crippen LogP contribution in [0.15, 0.2) is 48.5 Å². The standard InChI is InChI=1S/C19H19N3O5/c1-27-17-7-5-15(6-8-17)20-9-11-21(12-10-20)19(24)18(23)14-3-2-4-16(13-14)22(25)26/h2-8,13H,9-12H2,1H3. The zero-order chi connectivity index (χ0) is 19.4. The highest BCUT2D eigenvalue weighted by Crippen LogP contribution is 2.21.